The minimum atomic E-state index is 0.388. The van der Waals surface area contributed by atoms with Crippen LogP contribution in [0.1, 0.15) is 12.0 Å². The maximum atomic E-state index is 5.85. The topological polar surface area (TPSA) is 54.2 Å². The van der Waals surface area contributed by atoms with Crippen molar-refractivity contribution in [3.8, 4) is 0 Å². The number of pyridine rings is 1. The average Bonchev–Trinajstić information content (AvgIpc) is 2.90. The summed E-state index contributed by atoms with van der Waals surface area (Å²) in [4.78, 5) is 7.19. The Labute approximate surface area is 130 Å². The number of rotatable bonds is 4. The number of aromatic nitrogens is 1. The number of nitrogens with two attached hydrogens (primary N) is 1. The van der Waals surface area contributed by atoms with Gasteiger partial charge in [0.2, 0.25) is 0 Å². The molecule has 1 aromatic heterocycles. The van der Waals surface area contributed by atoms with E-state index in [-0.39, 0.29) is 0 Å². The summed E-state index contributed by atoms with van der Waals surface area (Å²) in [5.41, 5.74) is 8.66. The number of benzene rings is 1. The smallest absolute Gasteiger partial charge is 0.107 e. The second kappa shape index (κ2) is 5.95. The fraction of sp³-hybridized carbons (Fsp3) is 0.375. The third-order valence-corrected chi connectivity index (χ3v) is 4.32. The number of anilines is 1. The Morgan fingerprint density at radius 2 is 2.29 bits per heavy atom. The Morgan fingerprint density at radius 1 is 1.48 bits per heavy atom. The first kappa shape index (κ1) is 14.2. The van der Waals surface area contributed by atoms with Crippen LogP contribution >= 0.6 is 12.2 Å². The minimum absolute atomic E-state index is 0.388. The fourth-order valence-electron chi connectivity index (χ4n) is 2.96. The van der Waals surface area contributed by atoms with E-state index in [0.29, 0.717) is 10.9 Å². The highest BCUT2D eigenvalue weighted by Crippen LogP contribution is 2.27. The van der Waals surface area contributed by atoms with E-state index >= 15 is 0 Å². The number of para-hydroxylation sites is 1. The molecular weight excluding hydrogens is 280 g/mol. The van der Waals surface area contributed by atoms with E-state index in [2.05, 4.69) is 28.3 Å². The molecule has 0 aliphatic carbocycles. The van der Waals surface area contributed by atoms with Crippen LogP contribution in [0.2, 0.25) is 0 Å². The van der Waals surface area contributed by atoms with E-state index in [1.165, 1.54) is 13.0 Å². The molecule has 1 atom stereocenters. The van der Waals surface area contributed by atoms with Crippen LogP contribution in [0.4, 0.5) is 5.69 Å². The van der Waals surface area contributed by atoms with E-state index in [0.717, 1.165) is 35.2 Å². The van der Waals surface area contributed by atoms with Crippen molar-refractivity contribution in [2.75, 3.05) is 32.0 Å². The number of hydrogen-bond donors (Lipinski definition) is 2. The molecule has 0 radical (unpaired) electrons. The van der Waals surface area contributed by atoms with Crippen LogP contribution in [0.25, 0.3) is 10.9 Å². The normalized spacial score (nSPS) is 19.0. The van der Waals surface area contributed by atoms with E-state index in [1.54, 1.807) is 6.20 Å². The molecule has 2 aromatic rings. The van der Waals surface area contributed by atoms with Crippen LogP contribution in [-0.2, 0) is 0 Å². The standard InChI is InChI=1S/C16H20N4S/c1-20-7-6-11(10-20)8-19-15-12-4-2-3-5-14(12)18-9-13(15)16(17)21/h2-5,9,11H,6-8,10H2,1H3,(H2,17,21)(H,18,19). The number of likely N-dealkylation sites (tertiary alicyclic amines) is 1. The molecule has 1 aliphatic heterocycles. The number of nitrogens with zero attached hydrogens (tertiary/aromatic N) is 2. The lowest BCUT2D eigenvalue weighted by Crippen LogP contribution is -2.21. The molecule has 0 bridgehead atoms. The summed E-state index contributed by atoms with van der Waals surface area (Å²) < 4.78 is 0. The maximum absolute atomic E-state index is 5.85. The van der Waals surface area contributed by atoms with Gasteiger partial charge in [-0.05, 0) is 32.0 Å². The third-order valence-electron chi connectivity index (χ3n) is 4.10. The molecule has 3 N–H and O–H groups in total. The van der Waals surface area contributed by atoms with E-state index < -0.39 is 0 Å². The largest absolute Gasteiger partial charge is 0.389 e. The molecule has 5 heteroatoms. The van der Waals surface area contributed by atoms with Gasteiger partial charge in [0.1, 0.15) is 4.99 Å². The Balaban J connectivity index is 1.91. The lowest BCUT2D eigenvalue weighted by atomic mass is 10.1. The highest BCUT2D eigenvalue weighted by molar-refractivity contribution is 7.80. The average molecular weight is 300 g/mol. The zero-order chi connectivity index (χ0) is 14.8. The number of fused-ring (bicyclic) bond motifs is 1. The van der Waals surface area contributed by atoms with E-state index in [4.69, 9.17) is 18.0 Å². The fourth-order valence-corrected chi connectivity index (χ4v) is 3.11. The molecule has 1 saturated heterocycles. The lowest BCUT2D eigenvalue weighted by molar-refractivity contribution is 0.399. The monoisotopic (exact) mass is 300 g/mol. The molecular formula is C16H20N4S. The van der Waals surface area contributed by atoms with Crippen LogP contribution in [0.15, 0.2) is 30.5 Å². The first-order chi connectivity index (χ1) is 10.1. The summed E-state index contributed by atoms with van der Waals surface area (Å²) in [6.45, 7) is 3.25. The van der Waals surface area contributed by atoms with Crippen LogP contribution in [-0.4, -0.2) is 41.6 Å². The van der Waals surface area contributed by atoms with Crippen molar-refractivity contribution in [1.82, 2.24) is 9.88 Å². The van der Waals surface area contributed by atoms with Crippen molar-refractivity contribution in [3.63, 3.8) is 0 Å². The molecule has 1 fully saturated rings. The van der Waals surface area contributed by atoms with Crippen molar-refractivity contribution >= 4 is 33.8 Å². The zero-order valence-corrected chi connectivity index (χ0v) is 13.0. The van der Waals surface area contributed by atoms with Gasteiger partial charge < -0.3 is 16.0 Å². The van der Waals surface area contributed by atoms with Crippen molar-refractivity contribution in [2.24, 2.45) is 11.7 Å². The lowest BCUT2D eigenvalue weighted by Gasteiger charge is -2.17. The molecule has 3 rings (SSSR count). The van der Waals surface area contributed by atoms with Crippen LogP contribution in [0.5, 0.6) is 0 Å². The van der Waals surface area contributed by atoms with Crippen LogP contribution in [0, 0.1) is 5.92 Å². The van der Waals surface area contributed by atoms with Crippen LogP contribution in [0.3, 0.4) is 0 Å². The molecule has 0 spiro atoms. The number of nitrogens with one attached hydrogen (secondary N) is 1. The molecule has 110 valence electrons. The van der Waals surface area contributed by atoms with Crippen LogP contribution < -0.4 is 11.1 Å². The highest BCUT2D eigenvalue weighted by atomic mass is 32.1. The highest BCUT2D eigenvalue weighted by Gasteiger charge is 2.20. The van der Waals surface area contributed by atoms with Gasteiger partial charge in [0.05, 0.1) is 16.8 Å². The Hall–Kier alpha value is -1.72. The predicted molar refractivity (Wildman–Crippen MR) is 91.7 cm³/mol. The summed E-state index contributed by atoms with van der Waals surface area (Å²) in [5, 5.41) is 4.64. The number of hydrogen-bond acceptors (Lipinski definition) is 4. The SMILES string of the molecule is CN1CCC(CNc2c(C(N)=S)cnc3ccccc23)C1. The second-order valence-electron chi connectivity index (χ2n) is 5.73. The molecule has 2 heterocycles. The van der Waals surface area contributed by atoms with Gasteiger partial charge in [-0.25, -0.2) is 0 Å². The van der Waals surface area contributed by atoms with Crippen molar-refractivity contribution in [2.45, 2.75) is 6.42 Å². The quantitative estimate of drug-likeness (QED) is 0.848. The molecule has 1 aliphatic rings. The first-order valence-electron chi connectivity index (χ1n) is 7.25. The summed E-state index contributed by atoms with van der Waals surface area (Å²) in [7, 11) is 2.17. The van der Waals surface area contributed by atoms with Crippen molar-refractivity contribution < 1.29 is 0 Å². The minimum Gasteiger partial charge on any atom is -0.389 e. The van der Waals surface area contributed by atoms with Gasteiger partial charge in [-0.1, -0.05) is 30.4 Å². The predicted octanol–water partition coefficient (Wildman–Crippen LogP) is 2.23. The summed E-state index contributed by atoms with van der Waals surface area (Å²) >= 11 is 5.17. The Kier molecular flexibility index (Phi) is 4.03. The molecule has 1 unspecified atom stereocenters. The van der Waals surface area contributed by atoms with Gasteiger partial charge in [0, 0.05) is 24.7 Å². The molecule has 0 amide bonds. The first-order valence-corrected chi connectivity index (χ1v) is 7.66. The summed E-state index contributed by atoms with van der Waals surface area (Å²) in [6.07, 6.45) is 3.00. The third kappa shape index (κ3) is 2.99. The van der Waals surface area contributed by atoms with Gasteiger partial charge in [-0.2, -0.15) is 0 Å². The Bertz CT molecular complexity index is 670. The number of thiocarbonyl (C=S) groups is 1. The molecule has 21 heavy (non-hydrogen) atoms. The maximum Gasteiger partial charge on any atom is 0.107 e. The van der Waals surface area contributed by atoms with Crippen molar-refractivity contribution in [3.05, 3.63) is 36.0 Å². The van der Waals surface area contributed by atoms with Gasteiger partial charge in [-0.15, -0.1) is 0 Å². The zero-order valence-electron chi connectivity index (χ0n) is 12.2. The Morgan fingerprint density at radius 3 is 3.00 bits per heavy atom. The van der Waals surface area contributed by atoms with E-state index in [9.17, 15) is 0 Å². The van der Waals surface area contributed by atoms with Gasteiger partial charge in [-0.3, -0.25) is 4.98 Å². The van der Waals surface area contributed by atoms with E-state index in [1.807, 2.05) is 18.2 Å². The molecule has 4 nitrogen and oxygen atoms in total. The van der Waals surface area contributed by atoms with Gasteiger partial charge >= 0.3 is 0 Å². The summed E-state index contributed by atoms with van der Waals surface area (Å²) in [5.74, 6) is 0.668. The van der Waals surface area contributed by atoms with Gasteiger partial charge in [0.15, 0.2) is 0 Å². The van der Waals surface area contributed by atoms with Gasteiger partial charge in [0.25, 0.3) is 0 Å². The molecule has 0 saturated carbocycles. The van der Waals surface area contributed by atoms with Crippen molar-refractivity contribution in [1.29, 1.82) is 0 Å². The second-order valence-corrected chi connectivity index (χ2v) is 6.17. The molecule has 1 aromatic carbocycles. The summed E-state index contributed by atoms with van der Waals surface area (Å²) in [6, 6.07) is 8.08.